The molecule has 0 spiro atoms. The third kappa shape index (κ3) is 7.62. The van der Waals surface area contributed by atoms with Gasteiger partial charge in [-0.2, -0.15) is 0 Å². The monoisotopic (exact) mass is 144 g/mol. The number of hydrogen-bond donors (Lipinski definition) is 3. The molecule has 0 amide bonds. The fourth-order valence-electron chi connectivity index (χ4n) is 0.585. The molecule has 0 fully saturated rings. The number of nitrogens with one attached hydrogen (secondary N) is 2. The fraction of sp³-hybridized carbons (Fsp3) is 0.714. The molecule has 0 saturated heterocycles. The minimum Gasteiger partial charge on any atom is -0.395 e. The quantitative estimate of drug-likeness (QED) is 0.328. The van der Waals surface area contributed by atoms with E-state index in [4.69, 9.17) is 5.11 Å². The van der Waals surface area contributed by atoms with E-state index in [1.54, 1.807) is 0 Å². The first kappa shape index (κ1) is 9.62. The van der Waals surface area contributed by atoms with E-state index in [9.17, 15) is 0 Å². The number of aliphatic hydroxyl groups excluding tert-OH is 1. The average molecular weight is 144 g/mol. The van der Waals surface area contributed by atoms with E-state index in [0.29, 0.717) is 6.54 Å². The van der Waals surface area contributed by atoms with Gasteiger partial charge in [0.2, 0.25) is 0 Å². The van der Waals surface area contributed by atoms with E-state index in [-0.39, 0.29) is 6.61 Å². The van der Waals surface area contributed by atoms with Gasteiger partial charge < -0.3 is 15.7 Å². The molecular weight excluding hydrogens is 128 g/mol. The first-order chi connectivity index (χ1) is 4.91. The second kappa shape index (κ2) is 8.62. The van der Waals surface area contributed by atoms with Gasteiger partial charge in [-0.3, -0.25) is 0 Å². The minimum atomic E-state index is 0.210. The van der Waals surface area contributed by atoms with E-state index in [2.05, 4.69) is 17.2 Å². The van der Waals surface area contributed by atoms with Crippen molar-refractivity contribution in [2.75, 3.05) is 32.8 Å². The second-order valence-electron chi connectivity index (χ2n) is 1.97. The summed E-state index contributed by atoms with van der Waals surface area (Å²) in [6.45, 7) is 7.13. The highest BCUT2D eigenvalue weighted by Gasteiger charge is 1.83. The van der Waals surface area contributed by atoms with Crippen molar-refractivity contribution in [1.29, 1.82) is 0 Å². The lowest BCUT2D eigenvalue weighted by molar-refractivity contribution is 0.292. The molecule has 0 aromatic carbocycles. The van der Waals surface area contributed by atoms with E-state index < -0.39 is 0 Å². The Balaban J connectivity index is 2.70. The lowest BCUT2D eigenvalue weighted by atomic mass is 10.5. The Hall–Kier alpha value is -0.380. The highest BCUT2D eigenvalue weighted by molar-refractivity contribution is 4.69. The summed E-state index contributed by atoms with van der Waals surface area (Å²) in [4.78, 5) is 0. The van der Waals surface area contributed by atoms with Crippen LogP contribution in [0.5, 0.6) is 0 Å². The standard InChI is InChI=1S/C7H16N2O/c1-2-3-8-4-5-9-6-7-10/h2,8-10H,1,3-7H2. The minimum absolute atomic E-state index is 0.210. The van der Waals surface area contributed by atoms with Gasteiger partial charge in [-0.15, -0.1) is 6.58 Å². The first-order valence-corrected chi connectivity index (χ1v) is 3.55. The van der Waals surface area contributed by atoms with Gasteiger partial charge in [-0.25, -0.2) is 0 Å². The molecule has 0 aromatic heterocycles. The number of aliphatic hydroxyl groups is 1. The molecule has 0 bridgehead atoms. The van der Waals surface area contributed by atoms with Gasteiger partial charge in [0.05, 0.1) is 6.61 Å². The van der Waals surface area contributed by atoms with Crippen molar-refractivity contribution in [2.24, 2.45) is 0 Å². The summed E-state index contributed by atoms with van der Waals surface area (Å²) in [5.74, 6) is 0. The van der Waals surface area contributed by atoms with Gasteiger partial charge >= 0.3 is 0 Å². The van der Waals surface area contributed by atoms with Crippen LogP contribution in [0.15, 0.2) is 12.7 Å². The molecule has 3 nitrogen and oxygen atoms in total. The van der Waals surface area contributed by atoms with Gasteiger partial charge in [0, 0.05) is 26.2 Å². The molecule has 0 radical (unpaired) electrons. The summed E-state index contributed by atoms with van der Waals surface area (Å²) in [5, 5.41) is 14.5. The summed E-state index contributed by atoms with van der Waals surface area (Å²) in [6, 6.07) is 0. The third-order valence-corrected chi connectivity index (χ3v) is 1.06. The fourth-order valence-corrected chi connectivity index (χ4v) is 0.585. The molecule has 0 atom stereocenters. The Morgan fingerprint density at radius 3 is 2.50 bits per heavy atom. The largest absolute Gasteiger partial charge is 0.395 e. The van der Waals surface area contributed by atoms with Gasteiger partial charge in [0.25, 0.3) is 0 Å². The molecule has 0 aliphatic carbocycles. The van der Waals surface area contributed by atoms with Crippen LogP contribution in [-0.4, -0.2) is 37.9 Å². The molecule has 10 heavy (non-hydrogen) atoms. The lowest BCUT2D eigenvalue weighted by Gasteiger charge is -2.01. The average Bonchev–Trinajstić information content (AvgIpc) is 1.97. The number of hydrogen-bond acceptors (Lipinski definition) is 3. The van der Waals surface area contributed by atoms with Crippen LogP contribution in [0.3, 0.4) is 0 Å². The Labute approximate surface area is 62.1 Å². The van der Waals surface area contributed by atoms with Crippen molar-refractivity contribution in [3.8, 4) is 0 Å². The molecule has 0 aromatic rings. The predicted molar refractivity (Wildman–Crippen MR) is 43.0 cm³/mol. The number of rotatable bonds is 7. The normalized spacial score (nSPS) is 9.70. The van der Waals surface area contributed by atoms with E-state index >= 15 is 0 Å². The van der Waals surface area contributed by atoms with E-state index in [1.807, 2.05) is 6.08 Å². The maximum absolute atomic E-state index is 8.37. The Morgan fingerprint density at radius 2 is 1.90 bits per heavy atom. The molecule has 60 valence electrons. The maximum Gasteiger partial charge on any atom is 0.0555 e. The van der Waals surface area contributed by atoms with Crippen molar-refractivity contribution in [1.82, 2.24) is 10.6 Å². The van der Waals surface area contributed by atoms with E-state index in [0.717, 1.165) is 19.6 Å². The smallest absolute Gasteiger partial charge is 0.0555 e. The molecule has 0 heterocycles. The molecule has 0 aliphatic rings. The van der Waals surface area contributed by atoms with Crippen molar-refractivity contribution in [3.05, 3.63) is 12.7 Å². The van der Waals surface area contributed by atoms with Crippen LogP contribution in [-0.2, 0) is 0 Å². The summed E-state index contributed by atoms with van der Waals surface area (Å²) in [7, 11) is 0. The summed E-state index contributed by atoms with van der Waals surface area (Å²) in [6.07, 6.45) is 1.83. The maximum atomic E-state index is 8.37. The highest BCUT2D eigenvalue weighted by Crippen LogP contribution is 1.60. The molecule has 0 saturated carbocycles. The van der Waals surface area contributed by atoms with Crippen LogP contribution in [0.4, 0.5) is 0 Å². The zero-order chi connectivity index (χ0) is 7.66. The van der Waals surface area contributed by atoms with Gasteiger partial charge in [0.1, 0.15) is 0 Å². The van der Waals surface area contributed by atoms with Crippen molar-refractivity contribution in [2.45, 2.75) is 0 Å². The molecule has 0 aliphatic heterocycles. The molecule has 0 unspecified atom stereocenters. The summed E-state index contributed by atoms with van der Waals surface area (Å²) in [5.41, 5.74) is 0. The van der Waals surface area contributed by atoms with Crippen LogP contribution in [0.1, 0.15) is 0 Å². The van der Waals surface area contributed by atoms with Crippen LogP contribution in [0.25, 0.3) is 0 Å². The van der Waals surface area contributed by atoms with Gasteiger partial charge in [0.15, 0.2) is 0 Å². The molecule has 3 heteroatoms. The van der Waals surface area contributed by atoms with Crippen molar-refractivity contribution >= 4 is 0 Å². The van der Waals surface area contributed by atoms with E-state index in [1.165, 1.54) is 0 Å². The lowest BCUT2D eigenvalue weighted by Crippen LogP contribution is -2.29. The SMILES string of the molecule is C=CCNCCNCCO. The summed E-state index contributed by atoms with van der Waals surface area (Å²) >= 11 is 0. The van der Waals surface area contributed by atoms with Crippen molar-refractivity contribution < 1.29 is 5.11 Å². The molecule has 0 rings (SSSR count). The van der Waals surface area contributed by atoms with Crippen LogP contribution in [0.2, 0.25) is 0 Å². The van der Waals surface area contributed by atoms with Gasteiger partial charge in [-0.1, -0.05) is 6.08 Å². The van der Waals surface area contributed by atoms with Gasteiger partial charge in [-0.05, 0) is 0 Å². The Morgan fingerprint density at radius 1 is 1.20 bits per heavy atom. The first-order valence-electron chi connectivity index (χ1n) is 3.55. The van der Waals surface area contributed by atoms with Crippen LogP contribution in [0, 0.1) is 0 Å². The predicted octanol–water partition coefficient (Wildman–Crippen LogP) is -0.656. The molecule has 3 N–H and O–H groups in total. The summed E-state index contributed by atoms with van der Waals surface area (Å²) < 4.78 is 0. The highest BCUT2D eigenvalue weighted by atomic mass is 16.3. The zero-order valence-electron chi connectivity index (χ0n) is 6.27. The Kier molecular flexibility index (Phi) is 8.29. The zero-order valence-corrected chi connectivity index (χ0v) is 6.27. The van der Waals surface area contributed by atoms with Crippen molar-refractivity contribution in [3.63, 3.8) is 0 Å². The third-order valence-electron chi connectivity index (χ3n) is 1.06. The topological polar surface area (TPSA) is 44.3 Å². The Bertz CT molecular complexity index is 76.0. The van der Waals surface area contributed by atoms with Crippen LogP contribution < -0.4 is 10.6 Å². The van der Waals surface area contributed by atoms with Crippen LogP contribution >= 0.6 is 0 Å². The second-order valence-corrected chi connectivity index (χ2v) is 1.97. The molecular formula is C7H16N2O.